The Morgan fingerprint density at radius 2 is 1.45 bits per heavy atom. The van der Waals surface area contributed by atoms with Gasteiger partial charge in [0.15, 0.2) is 0 Å². The average molecular weight is 395 g/mol. The van der Waals surface area contributed by atoms with Crippen LogP contribution >= 0.6 is 0 Å². The number of benzene rings is 2. The van der Waals surface area contributed by atoms with Gasteiger partial charge in [-0.15, -0.1) is 0 Å². The van der Waals surface area contributed by atoms with Crippen LogP contribution in [0.5, 0.6) is 0 Å². The van der Waals surface area contributed by atoms with Gasteiger partial charge >= 0.3 is 0 Å². The Morgan fingerprint density at radius 1 is 0.862 bits per heavy atom. The second-order valence-corrected chi connectivity index (χ2v) is 7.66. The molecule has 6 nitrogen and oxygen atoms in total. The Labute approximate surface area is 173 Å². The van der Waals surface area contributed by atoms with Crippen molar-refractivity contribution >= 4 is 23.2 Å². The number of amides is 2. The minimum Gasteiger partial charge on any atom is -0.378 e. The van der Waals surface area contributed by atoms with E-state index in [0.29, 0.717) is 13.1 Å². The molecule has 0 saturated carbocycles. The first-order valence-corrected chi connectivity index (χ1v) is 10.0. The molecule has 6 heteroatoms. The first-order valence-electron chi connectivity index (χ1n) is 10.0. The van der Waals surface area contributed by atoms with Crippen molar-refractivity contribution in [3.8, 4) is 0 Å². The molecule has 1 aliphatic heterocycles. The molecular formula is C23H30N4O2. The van der Waals surface area contributed by atoms with Crippen molar-refractivity contribution in [1.82, 2.24) is 9.80 Å². The minimum absolute atomic E-state index is 0.00347. The minimum atomic E-state index is -0.126. The summed E-state index contributed by atoms with van der Waals surface area (Å²) in [7, 11) is 3.94. The van der Waals surface area contributed by atoms with Crippen LogP contribution in [0.15, 0.2) is 54.6 Å². The van der Waals surface area contributed by atoms with Gasteiger partial charge in [-0.25, -0.2) is 0 Å². The highest BCUT2D eigenvalue weighted by Crippen LogP contribution is 2.20. The highest BCUT2D eigenvalue weighted by molar-refractivity contribution is 5.97. The van der Waals surface area contributed by atoms with Crippen LogP contribution in [-0.4, -0.2) is 68.4 Å². The lowest BCUT2D eigenvalue weighted by Gasteiger charge is -2.35. The van der Waals surface area contributed by atoms with E-state index >= 15 is 0 Å². The van der Waals surface area contributed by atoms with E-state index in [1.165, 1.54) is 12.5 Å². The van der Waals surface area contributed by atoms with Crippen molar-refractivity contribution in [3.63, 3.8) is 0 Å². The SMILES string of the molecule is CC(=O)N(CC(=O)N1CCN(Cc2ccccc2)CC1)c1ccc(N(C)C)cc1. The summed E-state index contributed by atoms with van der Waals surface area (Å²) in [6.07, 6.45) is 0. The van der Waals surface area contributed by atoms with Crippen molar-refractivity contribution in [2.45, 2.75) is 13.5 Å². The van der Waals surface area contributed by atoms with E-state index in [2.05, 4.69) is 29.2 Å². The molecule has 0 unspecified atom stereocenters. The standard InChI is InChI=1S/C23H30N4O2/c1-19(28)27(22-11-9-21(10-12-22)24(2)3)18-23(29)26-15-13-25(14-16-26)17-20-7-5-4-6-8-20/h4-12H,13-18H2,1-3H3. The molecule has 1 aliphatic rings. The van der Waals surface area contributed by atoms with Crippen molar-refractivity contribution < 1.29 is 9.59 Å². The number of hydrogen-bond donors (Lipinski definition) is 0. The van der Waals surface area contributed by atoms with Crippen LogP contribution in [-0.2, 0) is 16.1 Å². The maximum atomic E-state index is 12.8. The molecule has 2 aromatic carbocycles. The predicted molar refractivity (Wildman–Crippen MR) is 117 cm³/mol. The highest BCUT2D eigenvalue weighted by Gasteiger charge is 2.24. The fourth-order valence-electron chi connectivity index (χ4n) is 3.55. The van der Waals surface area contributed by atoms with Gasteiger partial charge in [0.05, 0.1) is 0 Å². The van der Waals surface area contributed by atoms with Crippen LogP contribution in [0, 0.1) is 0 Å². The fraction of sp³-hybridized carbons (Fsp3) is 0.391. The molecule has 3 rings (SSSR count). The van der Waals surface area contributed by atoms with Gasteiger partial charge in [-0.2, -0.15) is 0 Å². The highest BCUT2D eigenvalue weighted by atomic mass is 16.2. The maximum Gasteiger partial charge on any atom is 0.242 e. The van der Waals surface area contributed by atoms with Crippen LogP contribution in [0.3, 0.4) is 0 Å². The van der Waals surface area contributed by atoms with Gasteiger partial charge in [-0.1, -0.05) is 30.3 Å². The summed E-state index contributed by atoms with van der Waals surface area (Å²) in [5.74, 6) is -0.130. The summed E-state index contributed by atoms with van der Waals surface area (Å²) in [6.45, 7) is 5.56. The molecule has 0 aliphatic carbocycles. The summed E-state index contributed by atoms with van der Waals surface area (Å²) in [5.41, 5.74) is 3.09. The smallest absolute Gasteiger partial charge is 0.242 e. The quantitative estimate of drug-likeness (QED) is 0.755. The summed E-state index contributed by atoms with van der Waals surface area (Å²) in [4.78, 5) is 32.8. The number of anilines is 2. The van der Waals surface area contributed by atoms with E-state index in [4.69, 9.17) is 0 Å². The summed E-state index contributed by atoms with van der Waals surface area (Å²) >= 11 is 0. The van der Waals surface area contributed by atoms with E-state index in [1.54, 1.807) is 4.90 Å². The zero-order valence-electron chi connectivity index (χ0n) is 17.5. The maximum absolute atomic E-state index is 12.8. The molecule has 1 fully saturated rings. The molecular weight excluding hydrogens is 364 g/mol. The van der Waals surface area contributed by atoms with Crippen LogP contribution in [0.4, 0.5) is 11.4 Å². The van der Waals surface area contributed by atoms with Gasteiger partial charge in [0.25, 0.3) is 0 Å². The number of nitrogens with zero attached hydrogens (tertiary/aromatic N) is 4. The fourth-order valence-corrected chi connectivity index (χ4v) is 3.55. The third kappa shape index (κ3) is 5.57. The Hall–Kier alpha value is -2.86. The molecule has 0 spiro atoms. The summed E-state index contributed by atoms with van der Waals surface area (Å²) in [6, 6.07) is 18.1. The molecule has 1 saturated heterocycles. The number of rotatable bonds is 6. The van der Waals surface area contributed by atoms with E-state index in [1.807, 2.05) is 54.2 Å². The zero-order chi connectivity index (χ0) is 20.8. The number of carbonyl (C=O) groups excluding carboxylic acids is 2. The van der Waals surface area contributed by atoms with E-state index in [9.17, 15) is 9.59 Å². The Kier molecular flexibility index (Phi) is 6.88. The van der Waals surface area contributed by atoms with Crippen molar-refractivity contribution in [3.05, 3.63) is 60.2 Å². The molecule has 29 heavy (non-hydrogen) atoms. The first-order chi connectivity index (χ1) is 13.9. The molecule has 2 amide bonds. The van der Waals surface area contributed by atoms with E-state index < -0.39 is 0 Å². The van der Waals surface area contributed by atoms with Gasteiger partial charge in [-0.3, -0.25) is 14.5 Å². The van der Waals surface area contributed by atoms with E-state index in [-0.39, 0.29) is 18.4 Å². The summed E-state index contributed by atoms with van der Waals surface area (Å²) in [5, 5.41) is 0. The predicted octanol–water partition coefficient (Wildman–Crippen LogP) is 2.45. The Morgan fingerprint density at radius 3 is 2.00 bits per heavy atom. The van der Waals surface area contributed by atoms with Crippen molar-refractivity contribution in [2.24, 2.45) is 0 Å². The van der Waals surface area contributed by atoms with Crippen LogP contribution in [0.2, 0.25) is 0 Å². The molecule has 1 heterocycles. The normalized spacial score (nSPS) is 14.5. The topological polar surface area (TPSA) is 47.1 Å². The zero-order valence-corrected chi connectivity index (χ0v) is 17.5. The van der Waals surface area contributed by atoms with Crippen molar-refractivity contribution in [1.29, 1.82) is 0 Å². The largest absolute Gasteiger partial charge is 0.378 e. The molecule has 154 valence electrons. The molecule has 0 N–H and O–H groups in total. The van der Waals surface area contributed by atoms with Gasteiger partial charge in [-0.05, 0) is 29.8 Å². The van der Waals surface area contributed by atoms with Crippen LogP contribution in [0.1, 0.15) is 12.5 Å². The van der Waals surface area contributed by atoms with Gasteiger partial charge in [0.2, 0.25) is 11.8 Å². The molecule has 0 bridgehead atoms. The first kappa shape index (κ1) is 20.9. The Balaban J connectivity index is 1.56. The van der Waals surface area contributed by atoms with Gasteiger partial charge in [0.1, 0.15) is 6.54 Å². The number of hydrogen-bond acceptors (Lipinski definition) is 4. The van der Waals surface area contributed by atoms with Crippen LogP contribution in [0.25, 0.3) is 0 Å². The van der Waals surface area contributed by atoms with Gasteiger partial charge in [0, 0.05) is 65.1 Å². The van der Waals surface area contributed by atoms with Gasteiger partial charge < -0.3 is 14.7 Å². The van der Waals surface area contributed by atoms with Crippen molar-refractivity contribution in [2.75, 3.05) is 56.6 Å². The monoisotopic (exact) mass is 394 g/mol. The lowest BCUT2D eigenvalue weighted by atomic mass is 10.2. The number of piperazine rings is 1. The lowest BCUT2D eigenvalue weighted by Crippen LogP contribution is -2.51. The molecule has 0 aromatic heterocycles. The van der Waals surface area contributed by atoms with E-state index in [0.717, 1.165) is 31.0 Å². The number of carbonyl (C=O) groups is 2. The summed E-state index contributed by atoms with van der Waals surface area (Å²) < 4.78 is 0. The second-order valence-electron chi connectivity index (χ2n) is 7.66. The third-order valence-electron chi connectivity index (χ3n) is 5.33. The second kappa shape index (κ2) is 9.56. The molecule has 2 aromatic rings. The Bertz CT molecular complexity index is 813. The average Bonchev–Trinajstić information content (AvgIpc) is 2.73. The third-order valence-corrected chi connectivity index (χ3v) is 5.33. The van der Waals surface area contributed by atoms with Crippen LogP contribution < -0.4 is 9.80 Å². The molecule has 0 radical (unpaired) electrons. The lowest BCUT2D eigenvalue weighted by molar-refractivity contribution is -0.132. The molecule has 0 atom stereocenters.